The van der Waals surface area contributed by atoms with Crippen molar-refractivity contribution in [3.8, 4) is 11.3 Å². The molecular weight excluding hydrogens is 444 g/mol. The third kappa shape index (κ3) is 3.23. The van der Waals surface area contributed by atoms with Gasteiger partial charge in [0.2, 0.25) is 12.1 Å². The van der Waals surface area contributed by atoms with Crippen molar-refractivity contribution in [2.45, 2.75) is 6.29 Å². The van der Waals surface area contributed by atoms with Gasteiger partial charge in [-0.05, 0) is 30.3 Å². The van der Waals surface area contributed by atoms with Gasteiger partial charge in [-0.1, -0.05) is 84.9 Å². The third-order valence-corrected chi connectivity index (χ3v) is 6.58. The summed E-state index contributed by atoms with van der Waals surface area (Å²) in [5.41, 5.74) is 8.56. The SMILES string of the molecule is c1ccc(-c2ccnc(C3=NNC(n4c5ccccc5c5ccccc54)N3c3ccccc3)n2)cc1. The maximum atomic E-state index is 4.91. The molecule has 7 rings (SSSR count). The molecule has 1 aliphatic heterocycles. The molecule has 6 nitrogen and oxygen atoms in total. The van der Waals surface area contributed by atoms with E-state index in [1.807, 2.05) is 42.5 Å². The molecule has 0 radical (unpaired) electrons. The van der Waals surface area contributed by atoms with E-state index in [9.17, 15) is 0 Å². The second kappa shape index (κ2) is 8.36. The first-order valence-electron chi connectivity index (χ1n) is 11.9. The Hall–Kier alpha value is -4.97. The van der Waals surface area contributed by atoms with Crippen LogP contribution in [0, 0.1) is 0 Å². The number of hydrogen-bond donors (Lipinski definition) is 1. The lowest BCUT2D eigenvalue weighted by Crippen LogP contribution is -2.38. The highest BCUT2D eigenvalue weighted by atomic mass is 15.6. The molecular formula is C30H22N6. The molecule has 0 spiro atoms. The lowest BCUT2D eigenvalue weighted by atomic mass is 10.1. The van der Waals surface area contributed by atoms with Crippen LogP contribution >= 0.6 is 0 Å². The van der Waals surface area contributed by atoms with Gasteiger partial charge in [0.15, 0.2) is 5.82 Å². The van der Waals surface area contributed by atoms with Crippen LogP contribution in [0.1, 0.15) is 12.1 Å². The molecule has 0 fully saturated rings. The number of hydrazone groups is 1. The normalized spacial score (nSPS) is 15.3. The van der Waals surface area contributed by atoms with Crippen molar-refractivity contribution in [1.29, 1.82) is 0 Å². The van der Waals surface area contributed by atoms with Crippen LogP contribution in [0.4, 0.5) is 5.69 Å². The number of amidine groups is 1. The summed E-state index contributed by atoms with van der Waals surface area (Å²) in [4.78, 5) is 11.7. The molecule has 36 heavy (non-hydrogen) atoms. The van der Waals surface area contributed by atoms with Crippen LogP contribution in [0.2, 0.25) is 0 Å². The van der Waals surface area contributed by atoms with Gasteiger partial charge < -0.3 is 4.57 Å². The van der Waals surface area contributed by atoms with Gasteiger partial charge in [0.1, 0.15) is 0 Å². The summed E-state index contributed by atoms with van der Waals surface area (Å²) in [6.45, 7) is 0. The van der Waals surface area contributed by atoms with Gasteiger partial charge in [-0.2, -0.15) is 5.10 Å². The highest BCUT2D eigenvalue weighted by Gasteiger charge is 2.34. The largest absolute Gasteiger partial charge is 0.301 e. The lowest BCUT2D eigenvalue weighted by molar-refractivity contribution is 0.480. The summed E-state index contributed by atoms with van der Waals surface area (Å²) in [6, 6.07) is 39.3. The van der Waals surface area contributed by atoms with Crippen LogP contribution in [0.3, 0.4) is 0 Å². The van der Waals surface area contributed by atoms with Gasteiger partial charge in [-0.15, -0.1) is 0 Å². The number of rotatable bonds is 4. The second-order valence-electron chi connectivity index (χ2n) is 8.68. The Labute approximate surface area is 208 Å². The number of benzene rings is 4. The van der Waals surface area contributed by atoms with E-state index in [0.717, 1.165) is 28.0 Å². The summed E-state index contributed by atoms with van der Waals surface area (Å²) < 4.78 is 2.30. The number of aromatic nitrogens is 3. The Kier molecular flexibility index (Phi) is 4.74. The predicted molar refractivity (Wildman–Crippen MR) is 145 cm³/mol. The quantitative estimate of drug-likeness (QED) is 0.337. The molecule has 172 valence electrons. The van der Waals surface area contributed by atoms with Crippen LogP contribution in [0.15, 0.2) is 127 Å². The summed E-state index contributed by atoms with van der Waals surface area (Å²) in [5, 5.41) is 7.21. The maximum Gasteiger partial charge on any atom is 0.203 e. The Morgan fingerprint density at radius 2 is 1.25 bits per heavy atom. The first kappa shape index (κ1) is 20.4. The molecule has 6 aromatic rings. The Morgan fingerprint density at radius 1 is 0.639 bits per heavy atom. The highest BCUT2D eigenvalue weighted by Crippen LogP contribution is 2.36. The van der Waals surface area contributed by atoms with Crippen molar-refractivity contribution in [3.05, 3.63) is 127 Å². The van der Waals surface area contributed by atoms with Crippen LogP contribution in [0.5, 0.6) is 0 Å². The fourth-order valence-corrected chi connectivity index (χ4v) is 4.98. The van der Waals surface area contributed by atoms with E-state index < -0.39 is 0 Å². The van der Waals surface area contributed by atoms with Gasteiger partial charge in [-0.25, -0.2) is 9.97 Å². The van der Waals surface area contributed by atoms with E-state index in [4.69, 9.17) is 10.1 Å². The molecule has 0 aliphatic carbocycles. The number of hydrogen-bond acceptors (Lipinski definition) is 5. The number of anilines is 1. The second-order valence-corrected chi connectivity index (χ2v) is 8.68. The monoisotopic (exact) mass is 466 g/mol. The topological polar surface area (TPSA) is 58.3 Å². The van der Waals surface area contributed by atoms with E-state index in [-0.39, 0.29) is 6.29 Å². The van der Waals surface area contributed by atoms with Gasteiger partial charge in [0, 0.05) is 28.2 Å². The first-order valence-corrected chi connectivity index (χ1v) is 11.9. The van der Waals surface area contributed by atoms with Crippen molar-refractivity contribution < 1.29 is 0 Å². The maximum absolute atomic E-state index is 4.91. The standard InChI is InChI=1S/C30H22N6/c1-3-11-21(12-4-1)25-19-20-31-28(32-25)29-33-34-30(35(29)22-13-5-2-6-14-22)36-26-17-9-7-15-23(26)24-16-8-10-18-27(24)36/h1-20,30,34H. The highest BCUT2D eigenvalue weighted by molar-refractivity contribution is 6.11. The summed E-state index contributed by atoms with van der Waals surface area (Å²) in [5.74, 6) is 1.24. The molecule has 1 aliphatic rings. The van der Waals surface area contributed by atoms with Crippen molar-refractivity contribution in [3.63, 3.8) is 0 Å². The summed E-state index contributed by atoms with van der Waals surface area (Å²) in [7, 11) is 0. The third-order valence-electron chi connectivity index (χ3n) is 6.58. The summed E-state index contributed by atoms with van der Waals surface area (Å²) in [6.07, 6.45) is 1.50. The van der Waals surface area contributed by atoms with E-state index >= 15 is 0 Å². The molecule has 4 aromatic carbocycles. The van der Waals surface area contributed by atoms with Crippen LogP contribution in [-0.4, -0.2) is 20.4 Å². The molecule has 1 unspecified atom stereocenters. The minimum atomic E-state index is -0.295. The molecule has 3 heterocycles. The number of para-hydroxylation sites is 3. The molecule has 1 atom stereocenters. The van der Waals surface area contributed by atoms with Crippen LogP contribution in [-0.2, 0) is 0 Å². The van der Waals surface area contributed by atoms with Crippen molar-refractivity contribution in [2.75, 3.05) is 4.90 Å². The average molecular weight is 467 g/mol. The van der Waals surface area contributed by atoms with Crippen LogP contribution < -0.4 is 10.3 Å². The van der Waals surface area contributed by atoms with Gasteiger partial charge in [0.05, 0.1) is 16.7 Å². The van der Waals surface area contributed by atoms with Crippen molar-refractivity contribution in [2.24, 2.45) is 5.10 Å². The van der Waals surface area contributed by atoms with E-state index in [1.165, 1.54) is 10.8 Å². The molecule has 0 saturated carbocycles. The zero-order valence-corrected chi connectivity index (χ0v) is 19.4. The minimum Gasteiger partial charge on any atom is -0.301 e. The molecule has 0 amide bonds. The van der Waals surface area contributed by atoms with Crippen molar-refractivity contribution in [1.82, 2.24) is 20.0 Å². The zero-order valence-electron chi connectivity index (χ0n) is 19.4. The molecule has 0 saturated heterocycles. The van der Waals surface area contributed by atoms with Gasteiger partial charge >= 0.3 is 0 Å². The van der Waals surface area contributed by atoms with E-state index in [1.54, 1.807) is 6.20 Å². The Bertz CT molecular complexity index is 1670. The van der Waals surface area contributed by atoms with Gasteiger partial charge in [0.25, 0.3) is 0 Å². The fraction of sp³-hybridized carbons (Fsp3) is 0.0333. The molecule has 6 heteroatoms. The van der Waals surface area contributed by atoms with Gasteiger partial charge in [-0.3, -0.25) is 10.3 Å². The fourth-order valence-electron chi connectivity index (χ4n) is 4.98. The first-order chi connectivity index (χ1) is 17.9. The molecule has 1 N–H and O–H groups in total. The number of nitrogens with one attached hydrogen (secondary N) is 1. The minimum absolute atomic E-state index is 0.295. The zero-order chi connectivity index (χ0) is 23.9. The van der Waals surface area contributed by atoms with Crippen molar-refractivity contribution >= 4 is 33.3 Å². The summed E-state index contributed by atoms with van der Waals surface area (Å²) >= 11 is 0. The Morgan fingerprint density at radius 3 is 1.94 bits per heavy atom. The molecule has 0 bridgehead atoms. The van der Waals surface area contributed by atoms with Crippen LogP contribution in [0.25, 0.3) is 33.1 Å². The van der Waals surface area contributed by atoms with E-state index in [2.05, 4.69) is 92.7 Å². The number of fused-ring (bicyclic) bond motifs is 3. The lowest BCUT2D eigenvalue weighted by Gasteiger charge is -2.29. The number of nitrogens with zero attached hydrogens (tertiary/aromatic N) is 5. The Balaban J connectivity index is 1.40. The van der Waals surface area contributed by atoms with E-state index in [0.29, 0.717) is 11.7 Å². The smallest absolute Gasteiger partial charge is 0.203 e. The average Bonchev–Trinajstić information content (AvgIpc) is 3.53. The molecule has 2 aromatic heterocycles. The predicted octanol–water partition coefficient (Wildman–Crippen LogP) is 6.18.